The van der Waals surface area contributed by atoms with Crippen LogP contribution in [0.25, 0.3) is 0 Å². The van der Waals surface area contributed by atoms with Gasteiger partial charge in [-0.3, -0.25) is 4.98 Å². The van der Waals surface area contributed by atoms with Gasteiger partial charge in [0, 0.05) is 24.0 Å². The second kappa shape index (κ2) is 7.61. The third-order valence-electron chi connectivity index (χ3n) is 4.29. The van der Waals surface area contributed by atoms with Crippen molar-refractivity contribution in [3.8, 4) is 0 Å². The SMILES string of the molecule is CCCNC(Cc1cccnc1)C(C)(CC)N(C)C. The summed E-state index contributed by atoms with van der Waals surface area (Å²) in [5.74, 6) is 0. The van der Waals surface area contributed by atoms with Gasteiger partial charge in [-0.25, -0.2) is 0 Å². The van der Waals surface area contributed by atoms with Gasteiger partial charge in [-0.05, 0) is 58.5 Å². The topological polar surface area (TPSA) is 28.2 Å². The molecule has 3 heteroatoms. The van der Waals surface area contributed by atoms with E-state index in [0.717, 1.165) is 25.8 Å². The highest BCUT2D eigenvalue weighted by atomic mass is 15.2. The van der Waals surface area contributed by atoms with Gasteiger partial charge < -0.3 is 10.2 Å². The van der Waals surface area contributed by atoms with E-state index in [9.17, 15) is 0 Å². The Balaban J connectivity index is 2.87. The minimum atomic E-state index is 0.158. The summed E-state index contributed by atoms with van der Waals surface area (Å²) in [4.78, 5) is 6.57. The van der Waals surface area contributed by atoms with E-state index in [4.69, 9.17) is 0 Å². The average molecular weight is 263 g/mol. The zero-order valence-corrected chi connectivity index (χ0v) is 13.1. The zero-order chi connectivity index (χ0) is 14.3. The van der Waals surface area contributed by atoms with Gasteiger partial charge in [-0.15, -0.1) is 0 Å². The molecule has 0 aliphatic rings. The van der Waals surface area contributed by atoms with Crippen LogP contribution in [0.3, 0.4) is 0 Å². The van der Waals surface area contributed by atoms with Crippen LogP contribution in [0.2, 0.25) is 0 Å². The standard InChI is InChI=1S/C16H29N3/c1-6-10-18-15(16(3,7-2)19(4)5)12-14-9-8-11-17-13-14/h8-9,11,13,15,18H,6-7,10,12H2,1-5H3. The summed E-state index contributed by atoms with van der Waals surface area (Å²) in [5.41, 5.74) is 1.46. The quantitative estimate of drug-likeness (QED) is 0.781. The van der Waals surface area contributed by atoms with Crippen molar-refractivity contribution in [2.75, 3.05) is 20.6 Å². The zero-order valence-electron chi connectivity index (χ0n) is 13.1. The molecule has 19 heavy (non-hydrogen) atoms. The van der Waals surface area contributed by atoms with Crippen LogP contribution in [0.5, 0.6) is 0 Å². The Morgan fingerprint density at radius 1 is 1.37 bits per heavy atom. The smallest absolute Gasteiger partial charge is 0.0328 e. The number of nitrogens with one attached hydrogen (secondary N) is 1. The van der Waals surface area contributed by atoms with Crippen LogP contribution in [0.15, 0.2) is 24.5 Å². The molecule has 1 aromatic heterocycles. The van der Waals surface area contributed by atoms with Crippen molar-refractivity contribution < 1.29 is 0 Å². The summed E-state index contributed by atoms with van der Waals surface area (Å²) in [5, 5.41) is 3.72. The molecule has 1 N–H and O–H groups in total. The van der Waals surface area contributed by atoms with Gasteiger partial charge in [0.2, 0.25) is 0 Å². The Hall–Kier alpha value is -0.930. The van der Waals surface area contributed by atoms with Crippen LogP contribution >= 0.6 is 0 Å². The Kier molecular flexibility index (Phi) is 6.46. The van der Waals surface area contributed by atoms with Crippen molar-refractivity contribution in [2.24, 2.45) is 0 Å². The van der Waals surface area contributed by atoms with E-state index in [2.05, 4.69) is 56.1 Å². The maximum absolute atomic E-state index is 4.23. The van der Waals surface area contributed by atoms with E-state index in [1.165, 1.54) is 5.56 Å². The van der Waals surface area contributed by atoms with Crippen molar-refractivity contribution >= 4 is 0 Å². The minimum absolute atomic E-state index is 0.158. The number of aromatic nitrogens is 1. The summed E-state index contributed by atoms with van der Waals surface area (Å²) in [7, 11) is 4.35. The van der Waals surface area contributed by atoms with Crippen LogP contribution in [-0.4, -0.2) is 42.1 Å². The second-order valence-corrected chi connectivity index (χ2v) is 5.68. The molecule has 0 spiro atoms. The van der Waals surface area contributed by atoms with E-state index in [1.807, 2.05) is 18.5 Å². The first-order valence-electron chi connectivity index (χ1n) is 7.34. The van der Waals surface area contributed by atoms with Crippen LogP contribution < -0.4 is 5.32 Å². The molecule has 108 valence electrons. The Morgan fingerprint density at radius 3 is 2.58 bits per heavy atom. The molecule has 0 saturated heterocycles. The minimum Gasteiger partial charge on any atom is -0.312 e. The van der Waals surface area contributed by atoms with Gasteiger partial charge in [-0.2, -0.15) is 0 Å². The van der Waals surface area contributed by atoms with Crippen LogP contribution in [0.4, 0.5) is 0 Å². The first-order chi connectivity index (χ1) is 9.04. The predicted molar refractivity (Wildman–Crippen MR) is 82.4 cm³/mol. The van der Waals surface area contributed by atoms with E-state index in [-0.39, 0.29) is 5.54 Å². The molecule has 1 heterocycles. The highest BCUT2D eigenvalue weighted by Crippen LogP contribution is 2.23. The maximum atomic E-state index is 4.23. The number of nitrogens with zero attached hydrogens (tertiary/aromatic N) is 2. The highest BCUT2D eigenvalue weighted by molar-refractivity contribution is 5.13. The normalized spacial score (nSPS) is 16.3. The van der Waals surface area contributed by atoms with E-state index in [1.54, 1.807) is 0 Å². The maximum Gasteiger partial charge on any atom is 0.0328 e. The molecule has 2 atom stereocenters. The Labute approximate surface area is 118 Å². The molecule has 0 aromatic carbocycles. The third kappa shape index (κ3) is 4.29. The molecule has 0 fully saturated rings. The van der Waals surface area contributed by atoms with Crippen LogP contribution in [0.1, 0.15) is 39.2 Å². The van der Waals surface area contributed by atoms with Gasteiger partial charge in [0.1, 0.15) is 0 Å². The lowest BCUT2D eigenvalue weighted by molar-refractivity contribution is 0.112. The summed E-state index contributed by atoms with van der Waals surface area (Å²) < 4.78 is 0. The fraction of sp³-hybridized carbons (Fsp3) is 0.688. The van der Waals surface area contributed by atoms with Crippen LogP contribution in [-0.2, 0) is 6.42 Å². The second-order valence-electron chi connectivity index (χ2n) is 5.68. The van der Waals surface area contributed by atoms with Gasteiger partial charge in [0.25, 0.3) is 0 Å². The van der Waals surface area contributed by atoms with Crippen LogP contribution in [0, 0.1) is 0 Å². The van der Waals surface area contributed by atoms with Gasteiger partial charge >= 0.3 is 0 Å². The predicted octanol–water partition coefficient (Wildman–Crippen LogP) is 2.72. The van der Waals surface area contributed by atoms with Crippen molar-refractivity contribution in [3.05, 3.63) is 30.1 Å². The molecule has 0 radical (unpaired) electrons. The van der Waals surface area contributed by atoms with Crippen molar-refractivity contribution in [1.82, 2.24) is 15.2 Å². The summed E-state index contributed by atoms with van der Waals surface area (Å²) in [6, 6.07) is 4.63. The largest absolute Gasteiger partial charge is 0.312 e. The molecule has 3 nitrogen and oxygen atoms in total. The summed E-state index contributed by atoms with van der Waals surface area (Å²) in [6.45, 7) is 7.89. The van der Waals surface area contributed by atoms with E-state index < -0.39 is 0 Å². The fourth-order valence-corrected chi connectivity index (χ4v) is 2.46. The molecular formula is C16H29N3. The third-order valence-corrected chi connectivity index (χ3v) is 4.29. The molecule has 0 aliphatic heterocycles. The van der Waals surface area contributed by atoms with E-state index >= 15 is 0 Å². The Bertz CT molecular complexity index is 350. The van der Waals surface area contributed by atoms with Gasteiger partial charge in [-0.1, -0.05) is 19.9 Å². The average Bonchev–Trinajstić information content (AvgIpc) is 2.43. The lowest BCUT2D eigenvalue weighted by Gasteiger charge is -2.43. The summed E-state index contributed by atoms with van der Waals surface area (Å²) in [6.07, 6.45) is 7.13. The molecule has 2 unspecified atom stereocenters. The van der Waals surface area contributed by atoms with Gasteiger partial charge in [0.15, 0.2) is 0 Å². The summed E-state index contributed by atoms with van der Waals surface area (Å²) >= 11 is 0. The number of likely N-dealkylation sites (N-methyl/N-ethyl adjacent to an activating group) is 1. The molecule has 0 saturated carbocycles. The molecule has 0 aliphatic carbocycles. The number of rotatable bonds is 8. The number of pyridine rings is 1. The van der Waals surface area contributed by atoms with E-state index in [0.29, 0.717) is 6.04 Å². The highest BCUT2D eigenvalue weighted by Gasteiger charge is 2.34. The molecule has 1 rings (SSSR count). The molecule has 1 aromatic rings. The first kappa shape index (κ1) is 16.1. The van der Waals surface area contributed by atoms with Crippen molar-refractivity contribution in [3.63, 3.8) is 0 Å². The fourth-order valence-electron chi connectivity index (χ4n) is 2.46. The van der Waals surface area contributed by atoms with Gasteiger partial charge in [0.05, 0.1) is 0 Å². The van der Waals surface area contributed by atoms with Crippen molar-refractivity contribution in [2.45, 2.75) is 51.6 Å². The molecular weight excluding hydrogens is 234 g/mol. The lowest BCUT2D eigenvalue weighted by Crippen LogP contribution is -2.57. The number of hydrogen-bond acceptors (Lipinski definition) is 3. The monoisotopic (exact) mass is 263 g/mol. The van der Waals surface area contributed by atoms with Crippen molar-refractivity contribution in [1.29, 1.82) is 0 Å². The molecule has 0 amide bonds. The lowest BCUT2D eigenvalue weighted by atomic mass is 9.84. The molecule has 0 bridgehead atoms. The number of hydrogen-bond donors (Lipinski definition) is 1. The Morgan fingerprint density at radius 2 is 2.11 bits per heavy atom. The first-order valence-corrected chi connectivity index (χ1v) is 7.34.